The molecule has 1 aliphatic heterocycles. The van der Waals surface area contributed by atoms with Crippen molar-refractivity contribution in [3.8, 4) is 6.07 Å². The van der Waals surface area contributed by atoms with Gasteiger partial charge >= 0.3 is 0 Å². The van der Waals surface area contributed by atoms with Gasteiger partial charge < -0.3 is 20.6 Å². The minimum absolute atomic E-state index is 0.0584. The van der Waals surface area contributed by atoms with Gasteiger partial charge in [0.25, 0.3) is 5.91 Å². The Hall–Kier alpha value is -3.78. The number of aliphatic hydroxyl groups is 1. The molecule has 2 aromatic rings. The van der Waals surface area contributed by atoms with Gasteiger partial charge in [0, 0.05) is 25.6 Å². The summed E-state index contributed by atoms with van der Waals surface area (Å²) in [6.07, 6.45) is 0.971. The first-order valence-electron chi connectivity index (χ1n) is 10.9. The molecule has 1 aliphatic rings. The second-order valence-corrected chi connectivity index (χ2v) is 9.34. The highest BCUT2D eigenvalue weighted by Crippen LogP contribution is 2.34. The van der Waals surface area contributed by atoms with E-state index in [9.17, 15) is 19.5 Å². The Kier molecular flexibility index (Phi) is 7.32. The summed E-state index contributed by atoms with van der Waals surface area (Å²) < 4.78 is 1.44. The highest BCUT2D eigenvalue weighted by atomic mass is 16.3. The van der Waals surface area contributed by atoms with Crippen molar-refractivity contribution in [3.05, 3.63) is 47.3 Å². The molecule has 11 nitrogen and oxygen atoms in total. The number of likely N-dealkylation sites (N-methyl/N-ethyl adjacent to an activating group) is 1. The summed E-state index contributed by atoms with van der Waals surface area (Å²) >= 11 is 0. The van der Waals surface area contributed by atoms with Crippen molar-refractivity contribution in [1.82, 2.24) is 30.5 Å². The van der Waals surface area contributed by atoms with E-state index in [1.807, 2.05) is 26.8 Å². The highest BCUT2D eigenvalue weighted by molar-refractivity contribution is 5.94. The molecule has 3 N–H and O–H groups in total. The molecule has 1 aromatic carbocycles. The molecule has 0 saturated carbocycles. The largest absolute Gasteiger partial charge is 0.391 e. The minimum atomic E-state index is -0.784. The number of nitriles is 1. The summed E-state index contributed by atoms with van der Waals surface area (Å²) in [5, 5.41) is 32.6. The number of β-amino-alcohol motifs (C(OH)–C–C–N with tert-alkyl or cyclic N) is 1. The molecule has 34 heavy (non-hydrogen) atoms. The number of likely N-dealkylation sites (tertiary alicyclic amines) is 1. The first-order chi connectivity index (χ1) is 16.0. The van der Waals surface area contributed by atoms with Crippen LogP contribution in [0.4, 0.5) is 0 Å². The van der Waals surface area contributed by atoms with Gasteiger partial charge in [0.2, 0.25) is 11.8 Å². The Labute approximate surface area is 197 Å². The van der Waals surface area contributed by atoms with Crippen molar-refractivity contribution < 1.29 is 19.5 Å². The van der Waals surface area contributed by atoms with Crippen molar-refractivity contribution in [2.24, 2.45) is 5.41 Å². The molecule has 0 bridgehead atoms. The van der Waals surface area contributed by atoms with Gasteiger partial charge in [-0.2, -0.15) is 5.26 Å². The van der Waals surface area contributed by atoms with Crippen LogP contribution in [-0.4, -0.2) is 68.5 Å². The number of hydrogen-bond donors (Lipinski definition) is 3. The first-order valence-corrected chi connectivity index (χ1v) is 10.9. The van der Waals surface area contributed by atoms with E-state index >= 15 is 0 Å². The molecule has 3 rings (SSSR count). The Balaban J connectivity index is 1.77. The number of nitrogens with one attached hydrogen (secondary N) is 2. The third-order valence-corrected chi connectivity index (χ3v) is 5.67. The summed E-state index contributed by atoms with van der Waals surface area (Å²) in [4.78, 5) is 39.6. The van der Waals surface area contributed by atoms with Crippen molar-refractivity contribution in [2.45, 2.75) is 51.9 Å². The van der Waals surface area contributed by atoms with Gasteiger partial charge in [-0.15, -0.1) is 5.10 Å². The summed E-state index contributed by atoms with van der Waals surface area (Å²) in [6.45, 7) is 5.76. The molecule has 3 atom stereocenters. The van der Waals surface area contributed by atoms with Crippen LogP contribution in [0.2, 0.25) is 0 Å². The van der Waals surface area contributed by atoms with Crippen LogP contribution in [0.25, 0.3) is 0 Å². The predicted molar refractivity (Wildman–Crippen MR) is 121 cm³/mol. The predicted octanol–water partition coefficient (Wildman–Crippen LogP) is 0.375. The van der Waals surface area contributed by atoms with Crippen LogP contribution in [0.1, 0.15) is 54.8 Å². The lowest BCUT2D eigenvalue weighted by Crippen LogP contribution is -2.49. The van der Waals surface area contributed by atoms with Crippen LogP contribution in [-0.2, 0) is 16.1 Å². The van der Waals surface area contributed by atoms with Gasteiger partial charge in [-0.25, -0.2) is 4.68 Å². The molecule has 1 fully saturated rings. The lowest BCUT2D eigenvalue weighted by Gasteiger charge is -2.34. The molecule has 11 heteroatoms. The Morgan fingerprint density at radius 2 is 2.06 bits per heavy atom. The lowest BCUT2D eigenvalue weighted by molar-refractivity contribution is -0.144. The maximum atomic E-state index is 13.5. The lowest BCUT2D eigenvalue weighted by atomic mass is 9.85. The van der Waals surface area contributed by atoms with Gasteiger partial charge in [0.1, 0.15) is 17.8 Å². The van der Waals surface area contributed by atoms with Gasteiger partial charge in [-0.05, 0) is 23.6 Å². The van der Waals surface area contributed by atoms with Gasteiger partial charge in [0.05, 0.1) is 30.5 Å². The third-order valence-electron chi connectivity index (χ3n) is 5.67. The Morgan fingerprint density at radius 3 is 2.71 bits per heavy atom. The monoisotopic (exact) mass is 467 g/mol. The van der Waals surface area contributed by atoms with E-state index in [-0.39, 0.29) is 37.2 Å². The number of aliphatic hydroxyl groups excluding tert-OH is 1. The molecular weight excluding hydrogens is 438 g/mol. The topological polar surface area (TPSA) is 153 Å². The number of hydrogen-bond acceptors (Lipinski definition) is 7. The Bertz CT molecular complexity index is 1120. The van der Waals surface area contributed by atoms with E-state index < -0.39 is 23.6 Å². The van der Waals surface area contributed by atoms with Gasteiger partial charge in [-0.1, -0.05) is 32.1 Å². The average Bonchev–Trinajstić information content (AvgIpc) is 3.42. The molecule has 0 aliphatic carbocycles. The summed E-state index contributed by atoms with van der Waals surface area (Å²) in [6, 6.07) is 6.79. The zero-order valence-electron chi connectivity index (χ0n) is 19.6. The Morgan fingerprint density at radius 1 is 1.32 bits per heavy atom. The van der Waals surface area contributed by atoms with Crippen LogP contribution < -0.4 is 10.6 Å². The summed E-state index contributed by atoms with van der Waals surface area (Å²) in [5.74, 6) is -1.04. The molecule has 1 aromatic heterocycles. The number of rotatable bonds is 6. The normalized spacial score (nSPS) is 18.8. The van der Waals surface area contributed by atoms with E-state index in [1.54, 1.807) is 24.4 Å². The zero-order valence-corrected chi connectivity index (χ0v) is 19.6. The average molecular weight is 468 g/mol. The highest BCUT2D eigenvalue weighted by Gasteiger charge is 2.45. The number of carbonyl (C=O) groups excluding carboxylic acids is 3. The number of benzene rings is 1. The van der Waals surface area contributed by atoms with E-state index in [2.05, 4.69) is 20.9 Å². The number of nitrogens with zero attached hydrogens (tertiary/aromatic N) is 5. The fourth-order valence-electron chi connectivity index (χ4n) is 4.03. The van der Waals surface area contributed by atoms with Crippen LogP contribution in [0.15, 0.2) is 30.5 Å². The number of aromatic nitrogens is 3. The van der Waals surface area contributed by atoms with Crippen LogP contribution in [0.3, 0.4) is 0 Å². The molecule has 3 amide bonds. The molecule has 0 spiro atoms. The molecule has 0 unspecified atom stereocenters. The van der Waals surface area contributed by atoms with Crippen molar-refractivity contribution >= 4 is 17.7 Å². The SMILES string of the molecule is CNC(=O)[C@@H]1C[C@@H](O)CN1C(=O)[C@@H](n1cc(CNC(=O)c2cccc(C#N)c2)nn1)C(C)(C)C. The van der Waals surface area contributed by atoms with E-state index in [1.165, 1.54) is 22.7 Å². The summed E-state index contributed by atoms with van der Waals surface area (Å²) in [5.41, 5.74) is 0.592. The first kappa shape index (κ1) is 24.9. The van der Waals surface area contributed by atoms with Crippen LogP contribution >= 0.6 is 0 Å². The second kappa shape index (κ2) is 10.0. The molecule has 2 heterocycles. The molecular formula is C23H29N7O4. The molecule has 180 valence electrons. The standard InChI is InChI=1S/C23H29N7O4/c1-23(2,3)19(22(34)29-13-17(31)9-18(29)21(33)25-4)30-12-16(27-28-30)11-26-20(32)15-7-5-6-14(8-15)10-24/h5-8,12,17-19,31H,9,11,13H2,1-4H3,(H,25,33)(H,26,32)/t17-,18+,19-/m1/s1. The third kappa shape index (κ3) is 5.40. The van der Waals surface area contributed by atoms with Crippen LogP contribution in [0, 0.1) is 16.7 Å². The quantitative estimate of drug-likeness (QED) is 0.555. The molecule has 0 radical (unpaired) electrons. The molecule has 1 saturated heterocycles. The maximum absolute atomic E-state index is 13.5. The minimum Gasteiger partial charge on any atom is -0.391 e. The van der Waals surface area contributed by atoms with Gasteiger partial charge in [-0.3, -0.25) is 14.4 Å². The van der Waals surface area contributed by atoms with Crippen molar-refractivity contribution in [2.75, 3.05) is 13.6 Å². The van der Waals surface area contributed by atoms with E-state index in [4.69, 9.17) is 5.26 Å². The number of carbonyl (C=O) groups is 3. The maximum Gasteiger partial charge on any atom is 0.251 e. The van der Waals surface area contributed by atoms with Crippen LogP contribution in [0.5, 0.6) is 0 Å². The van der Waals surface area contributed by atoms with Gasteiger partial charge in [0.15, 0.2) is 0 Å². The summed E-state index contributed by atoms with van der Waals surface area (Å²) in [7, 11) is 1.49. The van der Waals surface area contributed by atoms with Crippen molar-refractivity contribution in [1.29, 1.82) is 5.26 Å². The van der Waals surface area contributed by atoms with E-state index in [0.29, 0.717) is 16.8 Å². The zero-order chi connectivity index (χ0) is 25.0. The van der Waals surface area contributed by atoms with E-state index in [0.717, 1.165) is 0 Å². The smallest absolute Gasteiger partial charge is 0.251 e. The second-order valence-electron chi connectivity index (χ2n) is 9.34. The van der Waals surface area contributed by atoms with Crippen molar-refractivity contribution in [3.63, 3.8) is 0 Å². The number of amides is 3. The fraction of sp³-hybridized carbons (Fsp3) is 0.478. The fourth-order valence-corrected chi connectivity index (χ4v) is 4.03.